The summed E-state index contributed by atoms with van der Waals surface area (Å²) in [7, 11) is 0. The minimum Gasteiger partial charge on any atom is -0.502 e. The van der Waals surface area contributed by atoms with Gasteiger partial charge in [0, 0.05) is 32.2 Å². The predicted octanol–water partition coefficient (Wildman–Crippen LogP) is 2.82. The number of anilines is 3. The Morgan fingerprint density at radius 3 is 1.94 bits per heavy atom. The van der Waals surface area contributed by atoms with Gasteiger partial charge >= 0.3 is 5.69 Å². The molecule has 34 heavy (non-hydrogen) atoms. The molecule has 0 amide bonds. The van der Waals surface area contributed by atoms with Crippen molar-refractivity contribution in [1.82, 2.24) is 15.0 Å². The molecule has 1 aromatic heterocycles. The molecule has 1 aromatic carbocycles. The number of aromatic hydroxyl groups is 1. The smallest absolute Gasteiger partial charge is 0.318 e. The van der Waals surface area contributed by atoms with Crippen LogP contribution in [0.3, 0.4) is 0 Å². The normalized spacial score (nSPS) is 16.6. The highest BCUT2D eigenvalue weighted by Crippen LogP contribution is 2.33. The summed E-state index contributed by atoms with van der Waals surface area (Å²) in [6.45, 7) is 3.38. The van der Waals surface area contributed by atoms with Gasteiger partial charge in [0.25, 0.3) is 5.69 Å². The van der Waals surface area contributed by atoms with Crippen LogP contribution in [0, 0.1) is 20.2 Å². The SMILES string of the molecule is O=[N+]([O-])c1cc(/C=N\Nc2nc(N3CCCCC3)nc(N3CCCCC3)n2)c(O)c([N+](=O)[O-])c1. The van der Waals surface area contributed by atoms with Crippen molar-refractivity contribution in [3.8, 4) is 5.75 Å². The van der Waals surface area contributed by atoms with Crippen LogP contribution >= 0.6 is 0 Å². The van der Waals surface area contributed by atoms with E-state index in [9.17, 15) is 25.3 Å². The van der Waals surface area contributed by atoms with E-state index in [0.717, 1.165) is 77.0 Å². The van der Waals surface area contributed by atoms with Crippen LogP contribution in [0.4, 0.5) is 29.2 Å². The molecule has 3 heterocycles. The second-order valence-electron chi connectivity index (χ2n) is 8.14. The molecule has 2 fully saturated rings. The summed E-state index contributed by atoms with van der Waals surface area (Å²) in [4.78, 5) is 38.4. The van der Waals surface area contributed by atoms with Gasteiger partial charge in [0.1, 0.15) is 0 Å². The number of benzene rings is 1. The maximum absolute atomic E-state index is 11.1. The monoisotopic (exact) mass is 471 g/mol. The Balaban J connectivity index is 1.61. The topological polar surface area (TPSA) is 176 Å². The summed E-state index contributed by atoms with van der Waals surface area (Å²) >= 11 is 0. The first-order valence-corrected chi connectivity index (χ1v) is 11.1. The number of hydrogen-bond donors (Lipinski definition) is 2. The predicted molar refractivity (Wildman–Crippen MR) is 125 cm³/mol. The third-order valence-corrected chi connectivity index (χ3v) is 5.77. The van der Waals surface area contributed by atoms with Crippen LogP contribution in [-0.2, 0) is 0 Å². The molecule has 4 rings (SSSR count). The average molecular weight is 471 g/mol. The summed E-state index contributed by atoms with van der Waals surface area (Å²) in [5.41, 5.74) is 1.18. The fourth-order valence-electron chi connectivity index (χ4n) is 4.00. The first kappa shape index (κ1) is 23.1. The molecule has 0 aliphatic carbocycles. The fraction of sp³-hybridized carbons (Fsp3) is 0.500. The third kappa shape index (κ3) is 5.27. The van der Waals surface area contributed by atoms with Crippen LogP contribution in [0.25, 0.3) is 0 Å². The maximum atomic E-state index is 11.1. The van der Waals surface area contributed by atoms with Gasteiger partial charge in [-0.3, -0.25) is 20.2 Å². The van der Waals surface area contributed by atoms with Gasteiger partial charge in [0.05, 0.1) is 27.7 Å². The molecule has 2 saturated heterocycles. The molecule has 0 bridgehead atoms. The van der Waals surface area contributed by atoms with Crippen molar-refractivity contribution >= 4 is 35.4 Å². The van der Waals surface area contributed by atoms with Gasteiger partial charge in [-0.05, 0) is 38.5 Å². The molecule has 14 nitrogen and oxygen atoms in total. The first-order valence-electron chi connectivity index (χ1n) is 11.1. The van der Waals surface area contributed by atoms with Gasteiger partial charge in [0.2, 0.25) is 23.6 Å². The molecular weight excluding hydrogens is 446 g/mol. The van der Waals surface area contributed by atoms with Gasteiger partial charge in [0.15, 0.2) is 0 Å². The number of aromatic nitrogens is 3. The fourth-order valence-corrected chi connectivity index (χ4v) is 4.00. The number of rotatable bonds is 7. The second-order valence-corrected chi connectivity index (χ2v) is 8.14. The van der Waals surface area contributed by atoms with Crippen LogP contribution in [0.15, 0.2) is 17.2 Å². The van der Waals surface area contributed by atoms with E-state index in [4.69, 9.17) is 0 Å². The highest BCUT2D eigenvalue weighted by molar-refractivity contribution is 5.87. The number of nitrogens with zero attached hydrogens (tertiary/aromatic N) is 8. The van der Waals surface area contributed by atoms with E-state index >= 15 is 0 Å². The van der Waals surface area contributed by atoms with E-state index in [1.54, 1.807) is 0 Å². The zero-order chi connectivity index (χ0) is 24.1. The zero-order valence-electron chi connectivity index (χ0n) is 18.5. The largest absolute Gasteiger partial charge is 0.502 e. The summed E-state index contributed by atoms with van der Waals surface area (Å²) < 4.78 is 0. The summed E-state index contributed by atoms with van der Waals surface area (Å²) in [5, 5.41) is 36.4. The second kappa shape index (κ2) is 10.2. The standard InChI is InChI=1S/C20H25N9O5/c30-17-14(11-15(28(31)32)12-16(17)29(33)34)13-21-25-18-22-19(26-7-3-1-4-8-26)24-20(23-18)27-9-5-2-6-10-27/h11-13,30H,1-10H2,(H,22,23,24,25)/b21-13-. The van der Waals surface area contributed by atoms with E-state index in [1.165, 1.54) is 0 Å². The summed E-state index contributed by atoms with van der Waals surface area (Å²) in [6.07, 6.45) is 7.59. The molecule has 0 unspecified atom stereocenters. The van der Waals surface area contributed by atoms with E-state index in [-0.39, 0.29) is 11.5 Å². The minimum atomic E-state index is -0.894. The molecule has 0 saturated carbocycles. The lowest BCUT2D eigenvalue weighted by Crippen LogP contribution is -2.34. The Morgan fingerprint density at radius 2 is 1.44 bits per heavy atom. The number of piperidine rings is 2. The lowest BCUT2D eigenvalue weighted by atomic mass is 10.1. The van der Waals surface area contributed by atoms with Crippen molar-refractivity contribution in [2.75, 3.05) is 41.4 Å². The lowest BCUT2D eigenvalue weighted by molar-refractivity contribution is -0.394. The van der Waals surface area contributed by atoms with Gasteiger partial charge in [-0.25, -0.2) is 5.43 Å². The van der Waals surface area contributed by atoms with E-state index < -0.39 is 27.0 Å². The summed E-state index contributed by atoms with van der Waals surface area (Å²) in [5.74, 6) is 0.537. The Hall–Kier alpha value is -4.10. The number of nitro benzene ring substituents is 2. The Bertz CT molecular complexity index is 1060. The zero-order valence-corrected chi connectivity index (χ0v) is 18.5. The van der Waals surface area contributed by atoms with Crippen LogP contribution in [-0.4, -0.2) is 62.3 Å². The highest BCUT2D eigenvalue weighted by Gasteiger charge is 2.23. The van der Waals surface area contributed by atoms with Crippen LogP contribution < -0.4 is 15.2 Å². The molecule has 180 valence electrons. The Morgan fingerprint density at radius 1 is 0.882 bits per heavy atom. The van der Waals surface area contributed by atoms with Crippen molar-refractivity contribution in [3.63, 3.8) is 0 Å². The molecule has 0 spiro atoms. The minimum absolute atomic E-state index is 0.173. The van der Waals surface area contributed by atoms with Crippen molar-refractivity contribution < 1.29 is 15.0 Å². The highest BCUT2D eigenvalue weighted by atomic mass is 16.6. The number of phenolic OH excluding ortho intramolecular Hbond substituents is 1. The number of nitrogens with one attached hydrogen (secondary N) is 1. The molecular formula is C20H25N9O5. The van der Waals surface area contributed by atoms with Gasteiger partial charge in [-0.1, -0.05) is 0 Å². The maximum Gasteiger partial charge on any atom is 0.318 e. The molecule has 2 N–H and O–H groups in total. The number of hydrazone groups is 1. The van der Waals surface area contributed by atoms with Crippen molar-refractivity contribution in [1.29, 1.82) is 0 Å². The number of non-ortho nitro benzene ring substituents is 1. The number of nitro groups is 2. The van der Waals surface area contributed by atoms with Gasteiger partial charge in [-0.15, -0.1) is 0 Å². The molecule has 2 aromatic rings. The van der Waals surface area contributed by atoms with Crippen molar-refractivity contribution in [3.05, 3.63) is 37.9 Å². The molecule has 2 aliphatic rings. The molecule has 2 aliphatic heterocycles. The van der Waals surface area contributed by atoms with Gasteiger partial charge in [-0.2, -0.15) is 20.1 Å². The average Bonchev–Trinajstić information content (AvgIpc) is 2.85. The molecule has 0 radical (unpaired) electrons. The van der Waals surface area contributed by atoms with E-state index in [0.29, 0.717) is 18.0 Å². The van der Waals surface area contributed by atoms with Crippen molar-refractivity contribution in [2.24, 2.45) is 5.10 Å². The number of hydrogen-bond acceptors (Lipinski definition) is 12. The Kier molecular flexibility index (Phi) is 6.94. The Labute approximate surface area is 194 Å². The van der Waals surface area contributed by atoms with Crippen LogP contribution in [0.5, 0.6) is 5.75 Å². The van der Waals surface area contributed by atoms with E-state index in [2.05, 4.69) is 35.3 Å². The van der Waals surface area contributed by atoms with Crippen molar-refractivity contribution in [2.45, 2.75) is 38.5 Å². The molecule has 0 atom stereocenters. The lowest BCUT2D eigenvalue weighted by Gasteiger charge is -2.30. The van der Waals surface area contributed by atoms with Crippen LogP contribution in [0.1, 0.15) is 44.1 Å². The summed E-state index contributed by atoms with van der Waals surface area (Å²) in [6, 6.07) is 1.70. The first-order chi connectivity index (χ1) is 16.4. The number of phenols is 1. The third-order valence-electron chi connectivity index (χ3n) is 5.77. The quantitative estimate of drug-likeness (QED) is 0.345. The van der Waals surface area contributed by atoms with Gasteiger partial charge < -0.3 is 14.9 Å². The van der Waals surface area contributed by atoms with E-state index in [1.807, 2.05) is 0 Å². The molecule has 14 heteroatoms. The van der Waals surface area contributed by atoms with Crippen LogP contribution in [0.2, 0.25) is 0 Å².